The summed E-state index contributed by atoms with van der Waals surface area (Å²) in [6, 6.07) is 15.3. The predicted molar refractivity (Wildman–Crippen MR) is 107 cm³/mol. The molecule has 0 fully saturated rings. The third-order valence-electron chi connectivity index (χ3n) is 4.59. The van der Waals surface area contributed by atoms with Gasteiger partial charge >= 0.3 is 5.95 Å². The number of para-hydroxylation sites is 2. The molecule has 4 aromatic rings. The number of rotatable bonds is 6. The Labute approximate surface area is 167 Å². The van der Waals surface area contributed by atoms with Gasteiger partial charge in [-0.3, -0.25) is 9.77 Å². The smallest absolute Gasteiger partial charge is 0.340 e. The third-order valence-corrected chi connectivity index (χ3v) is 4.59. The highest BCUT2D eigenvalue weighted by atomic mass is 35.5. The molecule has 2 heterocycles. The predicted octanol–water partition coefficient (Wildman–Crippen LogP) is 2.04. The van der Waals surface area contributed by atoms with Crippen LogP contribution in [-0.2, 0) is 6.54 Å². The van der Waals surface area contributed by atoms with Crippen LogP contribution in [0.1, 0.15) is 6.42 Å². The Kier molecular flexibility index (Phi) is 5.96. The van der Waals surface area contributed by atoms with E-state index in [1.165, 1.54) is 10.9 Å². The fourth-order valence-electron chi connectivity index (χ4n) is 3.36. The number of benzene rings is 2. The molecule has 28 heavy (non-hydrogen) atoms. The minimum atomic E-state index is -1.03. The second kappa shape index (κ2) is 8.41. The number of imidazole rings is 1. The Balaban J connectivity index is 0.00000225. The molecule has 0 saturated heterocycles. The number of hydrogen-bond donors (Lipinski definition) is 4. The van der Waals surface area contributed by atoms with Crippen molar-refractivity contribution < 1.29 is 20.4 Å². The first-order chi connectivity index (χ1) is 13.2. The molecule has 0 amide bonds. The Morgan fingerprint density at radius 3 is 2.29 bits per heavy atom. The van der Waals surface area contributed by atoms with E-state index in [1.54, 1.807) is 10.8 Å². The van der Waals surface area contributed by atoms with E-state index in [4.69, 9.17) is 5.21 Å². The molecule has 4 rings (SSSR count). The lowest BCUT2D eigenvalue weighted by Gasteiger charge is -2.13. The van der Waals surface area contributed by atoms with Gasteiger partial charge in [0.25, 0.3) is 11.0 Å². The molecule has 2 aromatic heterocycles. The van der Waals surface area contributed by atoms with Crippen LogP contribution in [0.25, 0.3) is 21.8 Å². The van der Waals surface area contributed by atoms with E-state index in [-0.39, 0.29) is 18.4 Å². The van der Waals surface area contributed by atoms with Crippen LogP contribution >= 0.6 is 12.4 Å². The molecule has 146 valence electrons. The van der Waals surface area contributed by atoms with Crippen molar-refractivity contribution in [3.63, 3.8) is 0 Å². The quantitative estimate of drug-likeness (QED) is 0.130. The number of quaternary nitrogens is 1. The fourth-order valence-corrected chi connectivity index (χ4v) is 3.36. The van der Waals surface area contributed by atoms with Crippen molar-refractivity contribution >= 4 is 45.8 Å². The van der Waals surface area contributed by atoms with E-state index >= 15 is 0 Å². The van der Waals surface area contributed by atoms with Gasteiger partial charge in [-0.2, -0.15) is 10.2 Å². The minimum absolute atomic E-state index is 0. The lowest BCUT2D eigenvalue weighted by atomic mass is 10.1. The van der Waals surface area contributed by atoms with Gasteiger partial charge < -0.3 is 10.5 Å². The van der Waals surface area contributed by atoms with Crippen LogP contribution in [0.2, 0.25) is 0 Å². The molecule has 0 aliphatic carbocycles. The molecule has 1 atom stereocenters. The SMILES string of the molecule is Cl.[O-][NH+](O)c1nccn1CCCNc1c2ccccc2[n+](O)c2ccccc12. The number of fused-ring (bicyclic) bond motifs is 2. The first-order valence-electron chi connectivity index (χ1n) is 8.70. The zero-order chi connectivity index (χ0) is 18.8. The van der Waals surface area contributed by atoms with Crippen molar-refractivity contribution in [3.8, 4) is 0 Å². The zero-order valence-electron chi connectivity index (χ0n) is 14.9. The van der Waals surface area contributed by atoms with Crippen LogP contribution in [0.15, 0.2) is 60.9 Å². The number of nitrogens with zero attached hydrogens (tertiary/aromatic N) is 3. The van der Waals surface area contributed by atoms with Crippen LogP contribution in [-0.4, -0.2) is 26.5 Å². The standard InChI is InChI=1S/C19H19N5O3.ClH/c25-23-16-8-3-1-6-14(16)18(15-7-2-4-9-17(15)23)20-10-5-12-22-13-11-21-19(22)24(26)27;/h1-4,6-9,11,13,24-26H,5,10,12H2;1H/p+1. The number of hydrogen-bond acceptors (Lipinski definition) is 5. The maximum atomic E-state index is 11.1. The van der Waals surface area contributed by atoms with Gasteiger partial charge in [-0.15, -0.1) is 12.4 Å². The second-order valence-electron chi connectivity index (χ2n) is 6.25. The van der Waals surface area contributed by atoms with Gasteiger partial charge in [0.2, 0.25) is 0 Å². The van der Waals surface area contributed by atoms with Crippen LogP contribution in [0.4, 0.5) is 11.6 Å². The molecule has 0 aliphatic rings. The van der Waals surface area contributed by atoms with Gasteiger partial charge in [-0.25, -0.2) is 5.21 Å². The average molecular weight is 403 g/mol. The first-order valence-corrected chi connectivity index (χ1v) is 8.70. The number of nitrogens with one attached hydrogen (secondary N) is 2. The zero-order valence-corrected chi connectivity index (χ0v) is 15.8. The number of anilines is 1. The lowest BCUT2D eigenvalue weighted by molar-refractivity contribution is -0.995. The van der Waals surface area contributed by atoms with Gasteiger partial charge in [0.15, 0.2) is 0 Å². The van der Waals surface area contributed by atoms with Gasteiger partial charge in [0.05, 0.1) is 22.7 Å². The van der Waals surface area contributed by atoms with E-state index < -0.39 is 5.23 Å². The van der Waals surface area contributed by atoms with Gasteiger partial charge in [-0.05, 0) is 18.6 Å². The van der Waals surface area contributed by atoms with E-state index in [0.29, 0.717) is 13.1 Å². The van der Waals surface area contributed by atoms with Crippen molar-refractivity contribution in [2.45, 2.75) is 13.0 Å². The van der Waals surface area contributed by atoms with Crippen molar-refractivity contribution in [1.29, 1.82) is 0 Å². The number of aromatic nitrogens is 3. The maximum Gasteiger partial charge on any atom is 0.340 e. The van der Waals surface area contributed by atoms with Gasteiger partial charge in [-0.1, -0.05) is 24.3 Å². The minimum Gasteiger partial charge on any atom is -0.592 e. The molecule has 8 nitrogen and oxygen atoms in total. The second-order valence-corrected chi connectivity index (χ2v) is 6.25. The number of pyridine rings is 1. The molecule has 0 aliphatic heterocycles. The van der Waals surface area contributed by atoms with Gasteiger partial charge in [0, 0.05) is 36.1 Å². The van der Waals surface area contributed by atoms with E-state index in [2.05, 4.69) is 10.3 Å². The topological polar surface area (TPSA) is 102 Å². The number of aryl methyl sites for hydroxylation is 1. The molecule has 2 aromatic carbocycles. The van der Waals surface area contributed by atoms with E-state index in [9.17, 15) is 10.4 Å². The highest BCUT2D eigenvalue weighted by Crippen LogP contribution is 2.29. The molecule has 9 heteroatoms. The third kappa shape index (κ3) is 3.58. The summed E-state index contributed by atoms with van der Waals surface area (Å²) in [5, 5.41) is 35.1. The molecular formula is C19H21ClN5O3+. The summed E-state index contributed by atoms with van der Waals surface area (Å²) in [6.45, 7) is 1.21. The summed E-state index contributed by atoms with van der Waals surface area (Å²) in [6.07, 6.45) is 3.90. The highest BCUT2D eigenvalue weighted by molar-refractivity contribution is 6.04. The summed E-state index contributed by atoms with van der Waals surface area (Å²) < 4.78 is 2.84. The summed E-state index contributed by atoms with van der Waals surface area (Å²) in [5.41, 5.74) is 2.40. The van der Waals surface area contributed by atoms with Crippen LogP contribution in [0.3, 0.4) is 0 Å². The van der Waals surface area contributed by atoms with E-state index in [1.807, 2.05) is 48.5 Å². The van der Waals surface area contributed by atoms with Crippen molar-refractivity contribution in [3.05, 3.63) is 66.1 Å². The number of halogens is 1. The molecule has 0 spiro atoms. The van der Waals surface area contributed by atoms with Crippen LogP contribution in [0, 0.1) is 5.21 Å². The normalized spacial score (nSPS) is 12.1. The average Bonchev–Trinajstić information content (AvgIpc) is 3.16. The fraction of sp³-hybridized carbons (Fsp3) is 0.158. The van der Waals surface area contributed by atoms with Crippen molar-refractivity contribution in [1.82, 2.24) is 9.55 Å². The Hall–Kier alpha value is -2.91. The molecule has 1 unspecified atom stereocenters. The molecule has 0 saturated carbocycles. The Morgan fingerprint density at radius 2 is 1.68 bits per heavy atom. The summed E-state index contributed by atoms with van der Waals surface area (Å²) in [7, 11) is 0. The van der Waals surface area contributed by atoms with E-state index in [0.717, 1.165) is 33.9 Å². The van der Waals surface area contributed by atoms with Crippen molar-refractivity contribution in [2.24, 2.45) is 0 Å². The molecule has 4 N–H and O–H groups in total. The molecular weight excluding hydrogens is 382 g/mol. The monoisotopic (exact) mass is 402 g/mol. The Bertz CT molecular complexity index is 1040. The van der Waals surface area contributed by atoms with Crippen LogP contribution < -0.4 is 15.3 Å². The lowest BCUT2D eigenvalue weighted by Crippen LogP contribution is -3.00. The summed E-state index contributed by atoms with van der Waals surface area (Å²) in [4.78, 5) is 3.86. The van der Waals surface area contributed by atoms with Crippen LogP contribution in [0.5, 0.6) is 0 Å². The summed E-state index contributed by atoms with van der Waals surface area (Å²) >= 11 is 0. The highest BCUT2D eigenvalue weighted by Gasteiger charge is 2.19. The van der Waals surface area contributed by atoms with Gasteiger partial charge in [0.1, 0.15) is 0 Å². The van der Waals surface area contributed by atoms with Crippen molar-refractivity contribution in [2.75, 3.05) is 11.9 Å². The Morgan fingerprint density at radius 1 is 1.07 bits per heavy atom. The largest absolute Gasteiger partial charge is 0.592 e. The summed E-state index contributed by atoms with van der Waals surface area (Å²) in [5.74, 6) is 0.0481. The first kappa shape index (κ1) is 19.8. The molecule has 0 radical (unpaired) electrons. The molecule has 0 bridgehead atoms. The maximum absolute atomic E-state index is 11.1.